The molecule has 0 spiro atoms. The van der Waals surface area contributed by atoms with Gasteiger partial charge in [-0.15, -0.1) is 0 Å². The molecule has 0 aliphatic carbocycles. The zero-order chi connectivity index (χ0) is 18.8. The first-order chi connectivity index (χ1) is 13.1. The average Bonchev–Trinajstić information content (AvgIpc) is 3.06. The number of rotatable bonds is 4. The van der Waals surface area contributed by atoms with E-state index < -0.39 is 0 Å². The molecule has 0 saturated heterocycles. The van der Waals surface area contributed by atoms with E-state index in [4.69, 9.17) is 0 Å². The summed E-state index contributed by atoms with van der Waals surface area (Å²) in [6, 6.07) is 25.8. The standard InChI is InChI=1S/C23H18N2O2/c1-16-21(23(27)18-10-6-3-7-11-18)24-25(19-12-14-20(26)15-13-19)22(16)17-8-4-2-5-9-17/h2-15,26H,1H3. The van der Waals surface area contributed by atoms with Gasteiger partial charge in [0.2, 0.25) is 5.78 Å². The molecule has 1 N–H and O–H groups in total. The molecule has 0 aliphatic heterocycles. The SMILES string of the molecule is Cc1c(C(=O)c2ccccc2)nn(-c2ccc(O)cc2)c1-c1ccccc1. The van der Waals surface area contributed by atoms with Crippen molar-refractivity contribution >= 4 is 5.78 Å². The second-order valence-electron chi connectivity index (χ2n) is 6.31. The van der Waals surface area contributed by atoms with E-state index in [2.05, 4.69) is 5.10 Å². The number of hydrogen-bond acceptors (Lipinski definition) is 3. The number of aromatic nitrogens is 2. The number of aromatic hydroxyl groups is 1. The summed E-state index contributed by atoms with van der Waals surface area (Å²) in [6.07, 6.45) is 0. The molecular formula is C23H18N2O2. The van der Waals surface area contributed by atoms with Gasteiger partial charge in [0.1, 0.15) is 11.4 Å². The van der Waals surface area contributed by atoms with Gasteiger partial charge in [-0.2, -0.15) is 5.10 Å². The van der Waals surface area contributed by atoms with Crippen LogP contribution in [-0.2, 0) is 0 Å². The summed E-state index contributed by atoms with van der Waals surface area (Å²) in [5, 5.41) is 14.3. The van der Waals surface area contributed by atoms with Crippen molar-refractivity contribution in [2.75, 3.05) is 0 Å². The van der Waals surface area contributed by atoms with Crippen molar-refractivity contribution in [3.63, 3.8) is 0 Å². The third-order valence-corrected chi connectivity index (χ3v) is 4.51. The molecule has 3 aromatic carbocycles. The summed E-state index contributed by atoms with van der Waals surface area (Å²) in [4.78, 5) is 13.0. The number of nitrogens with zero attached hydrogens (tertiary/aromatic N) is 2. The van der Waals surface area contributed by atoms with Crippen molar-refractivity contribution in [3.05, 3.63) is 102 Å². The zero-order valence-corrected chi connectivity index (χ0v) is 14.8. The minimum atomic E-state index is -0.109. The summed E-state index contributed by atoms with van der Waals surface area (Å²) in [5.41, 5.74) is 4.47. The summed E-state index contributed by atoms with van der Waals surface area (Å²) in [7, 11) is 0. The third-order valence-electron chi connectivity index (χ3n) is 4.51. The van der Waals surface area contributed by atoms with Crippen LogP contribution in [-0.4, -0.2) is 20.7 Å². The number of benzene rings is 3. The predicted octanol–water partition coefficient (Wildman–Crippen LogP) is 4.78. The zero-order valence-electron chi connectivity index (χ0n) is 14.8. The van der Waals surface area contributed by atoms with Gasteiger partial charge < -0.3 is 5.11 Å². The van der Waals surface area contributed by atoms with E-state index in [0.29, 0.717) is 11.3 Å². The molecule has 132 valence electrons. The monoisotopic (exact) mass is 354 g/mol. The van der Waals surface area contributed by atoms with Crippen LogP contribution in [0.3, 0.4) is 0 Å². The Bertz CT molecular complexity index is 1080. The van der Waals surface area contributed by atoms with Crippen LogP contribution in [0.15, 0.2) is 84.9 Å². The molecule has 27 heavy (non-hydrogen) atoms. The lowest BCUT2D eigenvalue weighted by molar-refractivity contribution is 0.103. The Labute approximate surface area is 157 Å². The summed E-state index contributed by atoms with van der Waals surface area (Å²) in [6.45, 7) is 1.92. The van der Waals surface area contributed by atoms with Crippen LogP contribution < -0.4 is 0 Å². The fourth-order valence-electron chi connectivity index (χ4n) is 3.15. The van der Waals surface area contributed by atoms with Crippen LogP contribution in [0.4, 0.5) is 0 Å². The molecule has 4 aromatic rings. The Morgan fingerprint density at radius 3 is 2.07 bits per heavy atom. The maximum atomic E-state index is 13.0. The molecule has 1 heterocycles. The Kier molecular flexibility index (Phi) is 4.30. The van der Waals surface area contributed by atoms with Crippen LogP contribution in [0.5, 0.6) is 5.75 Å². The molecule has 0 amide bonds. The first-order valence-corrected chi connectivity index (χ1v) is 8.69. The normalized spacial score (nSPS) is 10.7. The summed E-state index contributed by atoms with van der Waals surface area (Å²) < 4.78 is 1.76. The molecule has 0 fully saturated rings. The van der Waals surface area contributed by atoms with Gasteiger partial charge in [-0.1, -0.05) is 60.7 Å². The molecule has 0 bridgehead atoms. The lowest BCUT2D eigenvalue weighted by atomic mass is 10.0. The van der Waals surface area contributed by atoms with Crippen molar-refractivity contribution in [2.45, 2.75) is 6.92 Å². The van der Waals surface area contributed by atoms with Gasteiger partial charge >= 0.3 is 0 Å². The smallest absolute Gasteiger partial charge is 0.213 e. The molecule has 4 heteroatoms. The molecule has 1 aromatic heterocycles. The highest BCUT2D eigenvalue weighted by Gasteiger charge is 2.22. The third kappa shape index (κ3) is 3.13. The maximum absolute atomic E-state index is 13.0. The topological polar surface area (TPSA) is 55.1 Å². The number of carbonyl (C=O) groups excluding carboxylic acids is 1. The van der Waals surface area contributed by atoms with E-state index in [0.717, 1.165) is 22.5 Å². The lowest BCUT2D eigenvalue weighted by Crippen LogP contribution is -2.05. The number of carbonyl (C=O) groups is 1. The van der Waals surface area contributed by atoms with Crippen molar-refractivity contribution in [1.82, 2.24) is 9.78 Å². The van der Waals surface area contributed by atoms with Gasteiger partial charge in [-0.25, -0.2) is 4.68 Å². The van der Waals surface area contributed by atoms with Crippen LogP contribution in [0.25, 0.3) is 16.9 Å². The Balaban J connectivity index is 1.92. The first-order valence-electron chi connectivity index (χ1n) is 8.69. The van der Waals surface area contributed by atoms with Crippen molar-refractivity contribution < 1.29 is 9.90 Å². The lowest BCUT2D eigenvalue weighted by Gasteiger charge is -2.08. The molecule has 0 atom stereocenters. The van der Waals surface area contributed by atoms with Gasteiger partial charge in [0.15, 0.2) is 0 Å². The molecule has 4 nitrogen and oxygen atoms in total. The minimum absolute atomic E-state index is 0.109. The molecule has 0 radical (unpaired) electrons. The predicted molar refractivity (Wildman–Crippen MR) is 105 cm³/mol. The van der Waals surface area contributed by atoms with Gasteiger partial charge in [0.25, 0.3) is 0 Å². The average molecular weight is 354 g/mol. The second kappa shape index (κ2) is 6.92. The second-order valence-corrected chi connectivity index (χ2v) is 6.31. The fourth-order valence-corrected chi connectivity index (χ4v) is 3.15. The van der Waals surface area contributed by atoms with Gasteiger partial charge in [0, 0.05) is 16.7 Å². The number of hydrogen-bond donors (Lipinski definition) is 1. The van der Waals surface area contributed by atoms with Gasteiger partial charge in [-0.3, -0.25) is 4.79 Å². The van der Waals surface area contributed by atoms with Crippen molar-refractivity contribution in [3.8, 4) is 22.7 Å². The highest BCUT2D eigenvalue weighted by Crippen LogP contribution is 2.30. The Morgan fingerprint density at radius 2 is 1.44 bits per heavy atom. The van der Waals surface area contributed by atoms with Gasteiger partial charge in [-0.05, 0) is 31.2 Å². The molecule has 4 rings (SSSR count). The minimum Gasteiger partial charge on any atom is -0.508 e. The van der Waals surface area contributed by atoms with Crippen LogP contribution in [0.1, 0.15) is 21.6 Å². The summed E-state index contributed by atoms with van der Waals surface area (Å²) in [5.74, 6) is 0.0762. The van der Waals surface area contributed by atoms with E-state index >= 15 is 0 Å². The van der Waals surface area contributed by atoms with E-state index in [1.54, 1.807) is 41.1 Å². The first kappa shape index (κ1) is 16.8. The van der Waals surface area contributed by atoms with E-state index in [1.807, 2.05) is 55.5 Å². The quantitative estimate of drug-likeness (QED) is 0.536. The number of phenols is 1. The largest absolute Gasteiger partial charge is 0.508 e. The fraction of sp³-hybridized carbons (Fsp3) is 0.0435. The molecule has 0 unspecified atom stereocenters. The highest BCUT2D eigenvalue weighted by molar-refractivity contribution is 6.09. The van der Waals surface area contributed by atoms with Crippen molar-refractivity contribution in [1.29, 1.82) is 0 Å². The van der Waals surface area contributed by atoms with Crippen LogP contribution in [0.2, 0.25) is 0 Å². The number of ketones is 1. The van der Waals surface area contributed by atoms with Crippen molar-refractivity contribution in [2.24, 2.45) is 0 Å². The Morgan fingerprint density at radius 1 is 0.852 bits per heavy atom. The molecule has 0 saturated carbocycles. The maximum Gasteiger partial charge on any atom is 0.213 e. The van der Waals surface area contributed by atoms with Crippen LogP contribution >= 0.6 is 0 Å². The van der Waals surface area contributed by atoms with E-state index in [-0.39, 0.29) is 11.5 Å². The summed E-state index contributed by atoms with van der Waals surface area (Å²) >= 11 is 0. The molecular weight excluding hydrogens is 336 g/mol. The number of phenolic OH excluding ortho intramolecular Hbond substituents is 1. The molecule has 0 aliphatic rings. The van der Waals surface area contributed by atoms with E-state index in [1.165, 1.54) is 0 Å². The van der Waals surface area contributed by atoms with Gasteiger partial charge in [0.05, 0.1) is 11.4 Å². The highest BCUT2D eigenvalue weighted by atomic mass is 16.3. The Hall–Kier alpha value is -3.66. The van der Waals surface area contributed by atoms with E-state index in [9.17, 15) is 9.90 Å². The van der Waals surface area contributed by atoms with Crippen LogP contribution in [0, 0.1) is 6.92 Å².